The van der Waals surface area contributed by atoms with Crippen molar-refractivity contribution in [2.75, 3.05) is 11.9 Å². The van der Waals surface area contributed by atoms with E-state index in [4.69, 9.17) is 5.11 Å². The predicted molar refractivity (Wildman–Crippen MR) is 76.4 cm³/mol. The molecule has 0 amide bonds. The van der Waals surface area contributed by atoms with Gasteiger partial charge in [-0.15, -0.1) is 0 Å². The summed E-state index contributed by atoms with van der Waals surface area (Å²) in [6.45, 7) is 1.30. The van der Waals surface area contributed by atoms with E-state index < -0.39 is 11.8 Å². The van der Waals surface area contributed by atoms with Crippen LogP contribution < -0.4 is 5.32 Å². The van der Waals surface area contributed by atoms with Crippen molar-refractivity contribution in [3.05, 3.63) is 46.4 Å². The Morgan fingerprint density at radius 1 is 1.50 bits per heavy atom. The normalized spacial score (nSPS) is 10.5. The van der Waals surface area contributed by atoms with Crippen molar-refractivity contribution >= 4 is 27.6 Å². The van der Waals surface area contributed by atoms with Gasteiger partial charge in [0.1, 0.15) is 0 Å². The monoisotopic (exact) mass is 341 g/mol. The Bertz CT molecular complexity index is 602. The zero-order valence-corrected chi connectivity index (χ0v) is 12.1. The fraction of sp³-hybridized carbons (Fsp3) is 0.231. The summed E-state index contributed by atoms with van der Waals surface area (Å²) in [7, 11) is 0. The second kappa shape index (κ2) is 6.51. The Labute approximate surface area is 123 Å². The molecule has 0 bridgehead atoms. The highest BCUT2D eigenvalue weighted by molar-refractivity contribution is 9.10. The lowest BCUT2D eigenvalue weighted by atomic mass is 10.2. The number of hydrogen-bond donors (Lipinski definition) is 2. The number of nitrogens with one attached hydrogen (secondary N) is 1. The fourth-order valence-corrected chi connectivity index (χ4v) is 2.26. The minimum atomic E-state index is -1.17. The molecule has 0 saturated carbocycles. The summed E-state index contributed by atoms with van der Waals surface area (Å²) in [4.78, 5) is 10.9. The third-order valence-electron chi connectivity index (χ3n) is 2.75. The van der Waals surface area contributed by atoms with E-state index in [-0.39, 0.29) is 15.7 Å². The first kappa shape index (κ1) is 14.5. The molecule has 0 spiro atoms. The molecule has 0 fully saturated rings. The van der Waals surface area contributed by atoms with Gasteiger partial charge < -0.3 is 10.4 Å². The summed E-state index contributed by atoms with van der Waals surface area (Å²) in [6.07, 6.45) is 4.34. The van der Waals surface area contributed by atoms with E-state index in [0.717, 1.165) is 13.0 Å². The smallest absolute Gasteiger partial charge is 0.336 e. The minimum Gasteiger partial charge on any atom is -0.478 e. The Kier molecular flexibility index (Phi) is 4.73. The van der Waals surface area contributed by atoms with E-state index in [1.807, 2.05) is 12.3 Å². The molecule has 0 saturated heterocycles. The van der Waals surface area contributed by atoms with Gasteiger partial charge in [0.15, 0.2) is 5.82 Å². The van der Waals surface area contributed by atoms with Crippen LogP contribution in [0.4, 0.5) is 10.1 Å². The van der Waals surface area contributed by atoms with Crippen molar-refractivity contribution < 1.29 is 14.3 Å². The van der Waals surface area contributed by atoms with Crippen LogP contribution in [0.25, 0.3) is 0 Å². The number of rotatable bonds is 6. The number of carbonyl (C=O) groups is 1. The van der Waals surface area contributed by atoms with Crippen molar-refractivity contribution in [3.8, 4) is 0 Å². The molecule has 20 heavy (non-hydrogen) atoms. The van der Waals surface area contributed by atoms with E-state index in [1.54, 1.807) is 10.9 Å². The van der Waals surface area contributed by atoms with Crippen molar-refractivity contribution in [1.82, 2.24) is 9.78 Å². The number of halogens is 2. The van der Waals surface area contributed by atoms with E-state index >= 15 is 0 Å². The van der Waals surface area contributed by atoms with Gasteiger partial charge in [0.25, 0.3) is 0 Å². The molecule has 106 valence electrons. The summed E-state index contributed by atoms with van der Waals surface area (Å²) in [5.74, 6) is -1.76. The van der Waals surface area contributed by atoms with Gasteiger partial charge in [0, 0.05) is 25.5 Å². The molecule has 1 aromatic heterocycles. The first-order chi connectivity index (χ1) is 9.59. The van der Waals surface area contributed by atoms with Crippen LogP contribution in [-0.2, 0) is 6.54 Å². The van der Waals surface area contributed by atoms with E-state index in [0.29, 0.717) is 6.54 Å². The van der Waals surface area contributed by atoms with Gasteiger partial charge in [-0.1, -0.05) is 0 Å². The van der Waals surface area contributed by atoms with E-state index in [9.17, 15) is 9.18 Å². The molecule has 5 nitrogen and oxygen atoms in total. The van der Waals surface area contributed by atoms with Gasteiger partial charge >= 0.3 is 5.97 Å². The Balaban J connectivity index is 1.93. The summed E-state index contributed by atoms with van der Waals surface area (Å²) < 4.78 is 15.7. The third kappa shape index (κ3) is 3.36. The first-order valence-electron chi connectivity index (χ1n) is 6.02. The third-order valence-corrected chi connectivity index (χ3v) is 3.53. The summed E-state index contributed by atoms with van der Waals surface area (Å²) in [6, 6.07) is 4.64. The second-order valence-corrected chi connectivity index (χ2v) is 4.94. The number of anilines is 1. The molecule has 2 N–H and O–H groups in total. The van der Waals surface area contributed by atoms with Crippen LogP contribution in [0.2, 0.25) is 0 Å². The van der Waals surface area contributed by atoms with Gasteiger partial charge in [-0.2, -0.15) is 5.10 Å². The van der Waals surface area contributed by atoms with Gasteiger partial charge in [-0.05, 0) is 40.5 Å². The largest absolute Gasteiger partial charge is 0.478 e. The molecule has 2 rings (SSSR count). The van der Waals surface area contributed by atoms with E-state index in [1.165, 1.54) is 12.1 Å². The molecule has 0 radical (unpaired) electrons. The second-order valence-electron chi connectivity index (χ2n) is 4.14. The van der Waals surface area contributed by atoms with Crippen molar-refractivity contribution in [2.45, 2.75) is 13.0 Å². The highest BCUT2D eigenvalue weighted by Crippen LogP contribution is 2.27. The highest BCUT2D eigenvalue weighted by Gasteiger charge is 2.15. The predicted octanol–water partition coefficient (Wildman–Crippen LogP) is 2.99. The molecule has 1 heterocycles. The number of aromatic carboxylic acids is 1. The minimum absolute atomic E-state index is 0.0397. The number of carboxylic acids is 1. The molecular formula is C13H13BrFN3O2. The van der Waals surface area contributed by atoms with Gasteiger partial charge in [0.05, 0.1) is 15.7 Å². The number of hydrogen-bond acceptors (Lipinski definition) is 3. The highest BCUT2D eigenvalue weighted by atomic mass is 79.9. The number of nitrogens with zero attached hydrogens (tertiary/aromatic N) is 2. The summed E-state index contributed by atoms with van der Waals surface area (Å²) in [5, 5.41) is 15.9. The van der Waals surface area contributed by atoms with Crippen LogP contribution >= 0.6 is 15.9 Å². The van der Waals surface area contributed by atoms with Crippen LogP contribution in [0.1, 0.15) is 16.8 Å². The van der Waals surface area contributed by atoms with Gasteiger partial charge in [0.2, 0.25) is 0 Å². The maximum absolute atomic E-state index is 13.9. The molecule has 0 atom stereocenters. The lowest BCUT2D eigenvalue weighted by molar-refractivity contribution is 0.0695. The summed E-state index contributed by atoms with van der Waals surface area (Å²) in [5.41, 5.74) is 0.187. The first-order valence-corrected chi connectivity index (χ1v) is 6.81. The SMILES string of the molecule is O=C(O)c1ccc(NCCCn2cccn2)c(F)c1Br. The average molecular weight is 342 g/mol. The van der Waals surface area contributed by atoms with Crippen LogP contribution in [0.15, 0.2) is 35.1 Å². The number of aromatic nitrogens is 2. The summed E-state index contributed by atoms with van der Waals surface area (Å²) >= 11 is 2.96. The molecule has 1 aromatic carbocycles. The Hall–Kier alpha value is -1.89. The maximum atomic E-state index is 13.9. The van der Waals surface area contributed by atoms with Crippen molar-refractivity contribution in [3.63, 3.8) is 0 Å². The molecule has 0 unspecified atom stereocenters. The Morgan fingerprint density at radius 2 is 2.30 bits per heavy atom. The van der Waals surface area contributed by atoms with Crippen LogP contribution in [-0.4, -0.2) is 27.4 Å². The van der Waals surface area contributed by atoms with Crippen molar-refractivity contribution in [1.29, 1.82) is 0 Å². The number of aryl methyl sites for hydroxylation is 1. The molecule has 7 heteroatoms. The Morgan fingerprint density at radius 3 is 2.95 bits per heavy atom. The lowest BCUT2D eigenvalue weighted by Crippen LogP contribution is -2.09. The molecular weight excluding hydrogens is 329 g/mol. The van der Waals surface area contributed by atoms with Gasteiger partial charge in [-0.25, -0.2) is 9.18 Å². The molecule has 0 aliphatic rings. The topological polar surface area (TPSA) is 67.2 Å². The standard InChI is InChI=1S/C13H13BrFN3O2/c14-11-9(13(19)20)3-4-10(12(11)15)16-5-1-7-18-8-2-6-17-18/h2-4,6,8,16H,1,5,7H2,(H,19,20). The molecule has 0 aliphatic carbocycles. The van der Waals surface area contributed by atoms with Crippen LogP contribution in [0, 0.1) is 5.82 Å². The van der Waals surface area contributed by atoms with Gasteiger partial charge in [-0.3, -0.25) is 4.68 Å². The maximum Gasteiger partial charge on any atom is 0.336 e. The van der Waals surface area contributed by atoms with Crippen molar-refractivity contribution in [2.24, 2.45) is 0 Å². The average Bonchev–Trinajstić information content (AvgIpc) is 2.92. The zero-order valence-electron chi connectivity index (χ0n) is 10.5. The van der Waals surface area contributed by atoms with Crippen LogP contribution in [0.3, 0.4) is 0 Å². The molecule has 2 aromatic rings. The quantitative estimate of drug-likeness (QED) is 0.792. The number of carboxylic acid groups (broad SMARTS) is 1. The number of benzene rings is 1. The fourth-order valence-electron chi connectivity index (χ4n) is 1.75. The lowest BCUT2D eigenvalue weighted by Gasteiger charge is -2.10. The van der Waals surface area contributed by atoms with E-state index in [2.05, 4.69) is 26.3 Å². The zero-order chi connectivity index (χ0) is 14.5. The van der Waals surface area contributed by atoms with Crippen LogP contribution in [0.5, 0.6) is 0 Å². The molecule has 0 aliphatic heterocycles.